The Morgan fingerprint density at radius 3 is 2.76 bits per heavy atom. The highest BCUT2D eigenvalue weighted by Crippen LogP contribution is 2.24. The molecule has 5 nitrogen and oxygen atoms in total. The fourth-order valence-electron chi connectivity index (χ4n) is 2.59. The molecule has 1 aromatic heterocycles. The second kappa shape index (κ2) is 7.71. The summed E-state index contributed by atoms with van der Waals surface area (Å²) in [5.41, 5.74) is 2.10. The minimum Gasteiger partial charge on any atom is -0.460 e. The van der Waals surface area contributed by atoms with Crippen LogP contribution in [0.4, 0.5) is 0 Å². The Labute approximate surface area is 127 Å². The van der Waals surface area contributed by atoms with Gasteiger partial charge in [0.05, 0.1) is 6.10 Å². The van der Waals surface area contributed by atoms with Crippen LogP contribution in [0.5, 0.6) is 6.01 Å². The number of aromatic nitrogens is 2. The average Bonchev–Trinajstić information content (AvgIpc) is 2.46. The first kappa shape index (κ1) is 16.2. The quantitative estimate of drug-likeness (QED) is 0.873. The molecule has 0 aliphatic heterocycles. The fourth-order valence-corrected chi connectivity index (χ4v) is 2.59. The lowest BCUT2D eigenvalue weighted by Crippen LogP contribution is -2.30. The molecular weight excluding hydrogens is 266 g/mol. The third-order valence-corrected chi connectivity index (χ3v) is 3.94. The molecule has 2 unspecified atom stereocenters. The predicted molar refractivity (Wildman–Crippen MR) is 82.4 cm³/mol. The van der Waals surface area contributed by atoms with Gasteiger partial charge in [-0.25, -0.2) is 9.97 Å². The van der Waals surface area contributed by atoms with Gasteiger partial charge < -0.3 is 14.8 Å². The molecule has 118 valence electrons. The Kier molecular flexibility index (Phi) is 5.94. The van der Waals surface area contributed by atoms with Crippen molar-refractivity contribution in [3.05, 3.63) is 17.5 Å². The van der Waals surface area contributed by atoms with Crippen LogP contribution >= 0.6 is 0 Å². The third kappa shape index (κ3) is 4.93. The largest absolute Gasteiger partial charge is 0.460 e. The van der Waals surface area contributed by atoms with Gasteiger partial charge in [0.1, 0.15) is 6.10 Å². The number of rotatable bonds is 6. The molecule has 5 heteroatoms. The molecule has 0 saturated heterocycles. The highest BCUT2D eigenvalue weighted by Gasteiger charge is 2.23. The minimum atomic E-state index is 0.169. The van der Waals surface area contributed by atoms with Gasteiger partial charge in [0.25, 0.3) is 0 Å². The lowest BCUT2D eigenvalue weighted by Gasteiger charge is -2.27. The highest BCUT2D eigenvalue weighted by molar-refractivity contribution is 5.17. The SMILES string of the molecule is COC1CCCC(Oc2ncc(CNC(C)C)c(C)n2)C1. The molecule has 1 saturated carbocycles. The van der Waals surface area contributed by atoms with Crippen LogP contribution in [0, 0.1) is 6.92 Å². The molecular formula is C16H27N3O2. The van der Waals surface area contributed by atoms with E-state index in [2.05, 4.69) is 29.1 Å². The number of aryl methyl sites for hydroxylation is 1. The van der Waals surface area contributed by atoms with E-state index < -0.39 is 0 Å². The van der Waals surface area contributed by atoms with Crippen LogP contribution in [0.3, 0.4) is 0 Å². The Morgan fingerprint density at radius 2 is 2.10 bits per heavy atom. The van der Waals surface area contributed by atoms with E-state index in [0.717, 1.165) is 43.5 Å². The van der Waals surface area contributed by atoms with Gasteiger partial charge in [-0.05, 0) is 26.2 Å². The predicted octanol–water partition coefficient (Wildman–Crippen LogP) is 2.62. The normalized spacial score (nSPS) is 22.5. The molecule has 0 amide bonds. The molecule has 0 spiro atoms. The Hall–Kier alpha value is -1.20. The van der Waals surface area contributed by atoms with Crippen molar-refractivity contribution in [2.75, 3.05) is 7.11 Å². The smallest absolute Gasteiger partial charge is 0.316 e. The summed E-state index contributed by atoms with van der Waals surface area (Å²) in [6.45, 7) is 7.05. The molecule has 0 aromatic carbocycles. The van der Waals surface area contributed by atoms with Crippen molar-refractivity contribution in [2.45, 2.75) is 71.2 Å². The van der Waals surface area contributed by atoms with E-state index in [1.807, 2.05) is 13.1 Å². The first-order valence-electron chi connectivity index (χ1n) is 7.83. The summed E-state index contributed by atoms with van der Waals surface area (Å²) in [7, 11) is 1.77. The molecule has 1 N–H and O–H groups in total. The molecule has 1 heterocycles. The summed E-state index contributed by atoms with van der Waals surface area (Å²) in [4.78, 5) is 8.83. The van der Waals surface area contributed by atoms with E-state index in [-0.39, 0.29) is 6.10 Å². The second-order valence-electron chi connectivity index (χ2n) is 6.06. The van der Waals surface area contributed by atoms with E-state index in [1.165, 1.54) is 0 Å². The Morgan fingerprint density at radius 1 is 1.33 bits per heavy atom. The van der Waals surface area contributed by atoms with Gasteiger partial charge in [0, 0.05) is 43.6 Å². The average molecular weight is 293 g/mol. The monoisotopic (exact) mass is 293 g/mol. The van der Waals surface area contributed by atoms with Crippen molar-refractivity contribution >= 4 is 0 Å². The van der Waals surface area contributed by atoms with Gasteiger partial charge in [0.2, 0.25) is 0 Å². The Bertz CT molecular complexity index is 451. The molecule has 1 fully saturated rings. The van der Waals surface area contributed by atoms with Crippen molar-refractivity contribution in [3.63, 3.8) is 0 Å². The number of methoxy groups -OCH3 is 1. The van der Waals surface area contributed by atoms with Crippen molar-refractivity contribution in [1.29, 1.82) is 0 Å². The molecule has 1 aliphatic rings. The summed E-state index contributed by atoms with van der Waals surface area (Å²) < 4.78 is 11.4. The first-order chi connectivity index (χ1) is 10.1. The van der Waals surface area contributed by atoms with E-state index in [0.29, 0.717) is 18.2 Å². The van der Waals surface area contributed by atoms with Crippen molar-refractivity contribution < 1.29 is 9.47 Å². The maximum Gasteiger partial charge on any atom is 0.316 e. The van der Waals surface area contributed by atoms with Gasteiger partial charge >= 0.3 is 6.01 Å². The lowest BCUT2D eigenvalue weighted by atomic mass is 9.95. The fraction of sp³-hybridized carbons (Fsp3) is 0.750. The lowest BCUT2D eigenvalue weighted by molar-refractivity contribution is 0.0178. The second-order valence-corrected chi connectivity index (χ2v) is 6.06. The van der Waals surface area contributed by atoms with Crippen LogP contribution in [-0.2, 0) is 11.3 Å². The molecule has 0 bridgehead atoms. The van der Waals surface area contributed by atoms with Crippen LogP contribution in [0.1, 0.15) is 50.8 Å². The summed E-state index contributed by atoms with van der Waals surface area (Å²) in [6.07, 6.45) is 6.58. The zero-order valence-corrected chi connectivity index (χ0v) is 13.6. The first-order valence-corrected chi connectivity index (χ1v) is 7.83. The van der Waals surface area contributed by atoms with Gasteiger partial charge in [-0.3, -0.25) is 0 Å². The summed E-state index contributed by atoms with van der Waals surface area (Å²) in [6, 6.07) is 0.941. The topological polar surface area (TPSA) is 56.3 Å². The van der Waals surface area contributed by atoms with Crippen LogP contribution in [0.15, 0.2) is 6.20 Å². The maximum atomic E-state index is 5.93. The van der Waals surface area contributed by atoms with Crippen LogP contribution in [-0.4, -0.2) is 35.3 Å². The standard InChI is InChI=1S/C16H27N3O2/c1-11(2)17-9-13-10-18-16(19-12(13)3)21-15-7-5-6-14(8-15)20-4/h10-11,14-15,17H,5-9H2,1-4H3. The number of ether oxygens (including phenoxy) is 2. The molecule has 2 rings (SSSR count). The van der Waals surface area contributed by atoms with Gasteiger partial charge in [-0.2, -0.15) is 0 Å². The molecule has 1 aliphatic carbocycles. The molecule has 21 heavy (non-hydrogen) atoms. The zero-order chi connectivity index (χ0) is 15.2. The van der Waals surface area contributed by atoms with Crippen LogP contribution in [0.25, 0.3) is 0 Å². The van der Waals surface area contributed by atoms with Gasteiger partial charge in [-0.15, -0.1) is 0 Å². The Balaban J connectivity index is 1.93. The van der Waals surface area contributed by atoms with E-state index in [1.54, 1.807) is 7.11 Å². The summed E-state index contributed by atoms with van der Waals surface area (Å²) in [5.74, 6) is 0. The number of nitrogens with zero attached hydrogens (tertiary/aromatic N) is 2. The van der Waals surface area contributed by atoms with E-state index in [4.69, 9.17) is 9.47 Å². The van der Waals surface area contributed by atoms with Crippen molar-refractivity contribution in [1.82, 2.24) is 15.3 Å². The summed E-state index contributed by atoms with van der Waals surface area (Å²) >= 11 is 0. The van der Waals surface area contributed by atoms with Gasteiger partial charge in [0.15, 0.2) is 0 Å². The number of nitrogens with one attached hydrogen (secondary N) is 1. The maximum absolute atomic E-state index is 5.93. The van der Waals surface area contributed by atoms with E-state index >= 15 is 0 Å². The zero-order valence-electron chi connectivity index (χ0n) is 13.6. The highest BCUT2D eigenvalue weighted by atomic mass is 16.5. The minimum absolute atomic E-state index is 0.169. The van der Waals surface area contributed by atoms with Crippen molar-refractivity contribution in [2.24, 2.45) is 0 Å². The summed E-state index contributed by atoms with van der Waals surface area (Å²) in [5, 5.41) is 3.38. The molecule has 0 radical (unpaired) electrons. The van der Waals surface area contributed by atoms with Crippen LogP contribution in [0.2, 0.25) is 0 Å². The third-order valence-electron chi connectivity index (χ3n) is 3.94. The number of hydrogen-bond acceptors (Lipinski definition) is 5. The van der Waals surface area contributed by atoms with Crippen molar-refractivity contribution in [3.8, 4) is 6.01 Å². The molecule has 2 atom stereocenters. The molecule has 1 aromatic rings. The van der Waals surface area contributed by atoms with E-state index in [9.17, 15) is 0 Å². The number of hydrogen-bond donors (Lipinski definition) is 1. The van der Waals surface area contributed by atoms with Gasteiger partial charge in [-0.1, -0.05) is 13.8 Å². The van der Waals surface area contributed by atoms with Crippen LogP contribution < -0.4 is 10.1 Å².